The van der Waals surface area contributed by atoms with E-state index in [4.69, 9.17) is 4.52 Å². The molecule has 25 heavy (non-hydrogen) atoms. The Bertz CT molecular complexity index is 830. The molecule has 0 unspecified atom stereocenters. The Labute approximate surface area is 144 Å². The van der Waals surface area contributed by atoms with Crippen LogP contribution in [0.15, 0.2) is 47.1 Å². The summed E-state index contributed by atoms with van der Waals surface area (Å²) in [6, 6.07) is 11.5. The zero-order valence-electron chi connectivity index (χ0n) is 13.6. The summed E-state index contributed by atoms with van der Waals surface area (Å²) < 4.78 is 5.33. The van der Waals surface area contributed by atoms with Crippen LogP contribution in [0.25, 0.3) is 11.5 Å². The number of H-pyrrole nitrogens is 1. The van der Waals surface area contributed by atoms with E-state index in [1.807, 2.05) is 30.3 Å². The zero-order valence-corrected chi connectivity index (χ0v) is 13.6. The molecule has 3 aromatic rings. The molecule has 1 amide bonds. The maximum atomic E-state index is 12.0. The van der Waals surface area contributed by atoms with Crippen molar-refractivity contribution in [2.45, 2.75) is 19.0 Å². The van der Waals surface area contributed by atoms with Crippen molar-refractivity contribution in [3.63, 3.8) is 0 Å². The Balaban J connectivity index is 1.32. The van der Waals surface area contributed by atoms with Crippen LogP contribution in [0.5, 0.6) is 0 Å². The number of likely N-dealkylation sites (tertiary alicyclic amines) is 1. The van der Waals surface area contributed by atoms with Gasteiger partial charge in [0.1, 0.15) is 5.69 Å². The third-order valence-electron chi connectivity index (χ3n) is 4.21. The normalized spacial score (nSPS) is 17.7. The van der Waals surface area contributed by atoms with E-state index in [9.17, 15) is 4.79 Å². The lowest BCUT2D eigenvalue weighted by molar-refractivity contribution is 0.0932. The fourth-order valence-corrected chi connectivity index (χ4v) is 2.96. The number of hydrogen-bond acceptors (Lipinski definition) is 6. The number of nitrogens with one attached hydrogen (secondary N) is 2. The second-order valence-corrected chi connectivity index (χ2v) is 6.05. The maximum absolute atomic E-state index is 12.0. The summed E-state index contributed by atoms with van der Waals surface area (Å²) in [6.07, 6.45) is 2.46. The predicted molar refractivity (Wildman–Crippen MR) is 89.5 cm³/mol. The van der Waals surface area contributed by atoms with Gasteiger partial charge in [0.2, 0.25) is 0 Å². The molecule has 0 radical (unpaired) electrons. The fourth-order valence-electron chi connectivity index (χ4n) is 2.96. The first-order valence-electron chi connectivity index (χ1n) is 8.18. The highest BCUT2D eigenvalue weighted by molar-refractivity contribution is 5.92. The van der Waals surface area contributed by atoms with E-state index >= 15 is 0 Å². The highest BCUT2D eigenvalue weighted by atomic mass is 16.5. The Kier molecular flexibility index (Phi) is 4.26. The Morgan fingerprint density at radius 1 is 1.32 bits per heavy atom. The molecular formula is C17H18N6O2. The summed E-state index contributed by atoms with van der Waals surface area (Å²) in [5.41, 5.74) is 1.39. The first-order valence-corrected chi connectivity index (χ1v) is 8.18. The standard InChI is InChI=1S/C17H18N6O2/c24-16(14-6-8-18-21-14)19-13-7-9-23(10-13)11-15-20-17(25-22-15)12-4-2-1-3-5-12/h1-6,8,13H,7,9-11H2,(H,18,21)(H,19,24)/t13-/m1/s1. The summed E-state index contributed by atoms with van der Waals surface area (Å²) in [5.74, 6) is 1.05. The predicted octanol–water partition coefficient (Wildman–Crippen LogP) is 1.46. The fraction of sp³-hybridized carbons (Fsp3) is 0.294. The number of nitrogens with zero attached hydrogens (tertiary/aromatic N) is 4. The molecular weight excluding hydrogens is 320 g/mol. The van der Waals surface area contributed by atoms with E-state index in [1.165, 1.54) is 0 Å². The minimum absolute atomic E-state index is 0.108. The molecule has 8 heteroatoms. The lowest BCUT2D eigenvalue weighted by Crippen LogP contribution is -2.37. The highest BCUT2D eigenvalue weighted by Crippen LogP contribution is 2.18. The third-order valence-corrected chi connectivity index (χ3v) is 4.21. The van der Waals surface area contributed by atoms with Crippen LogP contribution >= 0.6 is 0 Å². The topological polar surface area (TPSA) is 99.9 Å². The highest BCUT2D eigenvalue weighted by Gasteiger charge is 2.25. The van der Waals surface area contributed by atoms with Crippen molar-refractivity contribution in [2.75, 3.05) is 13.1 Å². The lowest BCUT2D eigenvalue weighted by Gasteiger charge is -2.14. The number of amides is 1. The SMILES string of the molecule is O=C(N[C@@H]1CCN(Cc2noc(-c3ccccc3)n2)C1)c1ccn[nH]1. The van der Waals surface area contributed by atoms with Gasteiger partial charge in [-0.05, 0) is 24.6 Å². The summed E-state index contributed by atoms with van der Waals surface area (Å²) >= 11 is 0. The number of aromatic nitrogens is 4. The van der Waals surface area contributed by atoms with E-state index in [0.29, 0.717) is 24.0 Å². The molecule has 2 N–H and O–H groups in total. The van der Waals surface area contributed by atoms with Crippen molar-refractivity contribution in [1.29, 1.82) is 0 Å². The summed E-state index contributed by atoms with van der Waals surface area (Å²) in [5, 5.41) is 13.5. The number of benzene rings is 1. The summed E-state index contributed by atoms with van der Waals surface area (Å²) in [4.78, 5) is 18.7. The van der Waals surface area contributed by atoms with Gasteiger partial charge in [-0.25, -0.2) is 0 Å². The average Bonchev–Trinajstić information content (AvgIpc) is 3.38. The van der Waals surface area contributed by atoms with Gasteiger partial charge in [-0.1, -0.05) is 23.4 Å². The number of carbonyl (C=O) groups excluding carboxylic acids is 1. The van der Waals surface area contributed by atoms with Crippen LogP contribution in [0, 0.1) is 0 Å². The quantitative estimate of drug-likeness (QED) is 0.731. The van der Waals surface area contributed by atoms with Gasteiger partial charge in [-0.2, -0.15) is 10.1 Å². The zero-order chi connectivity index (χ0) is 17.1. The molecule has 128 valence electrons. The van der Waals surface area contributed by atoms with E-state index in [0.717, 1.165) is 25.1 Å². The van der Waals surface area contributed by atoms with Gasteiger partial charge in [0.05, 0.1) is 6.54 Å². The molecule has 1 fully saturated rings. The molecule has 1 aliphatic heterocycles. The van der Waals surface area contributed by atoms with Crippen molar-refractivity contribution in [2.24, 2.45) is 0 Å². The van der Waals surface area contributed by atoms with E-state index in [-0.39, 0.29) is 11.9 Å². The molecule has 3 heterocycles. The summed E-state index contributed by atoms with van der Waals surface area (Å²) in [7, 11) is 0. The van der Waals surface area contributed by atoms with Crippen molar-refractivity contribution >= 4 is 5.91 Å². The van der Waals surface area contributed by atoms with Gasteiger partial charge in [0, 0.05) is 30.9 Å². The molecule has 0 spiro atoms. The van der Waals surface area contributed by atoms with Crippen LogP contribution in [-0.4, -0.2) is 50.3 Å². The molecule has 4 rings (SSSR count). The molecule has 0 bridgehead atoms. The molecule has 1 atom stereocenters. The molecule has 2 aromatic heterocycles. The van der Waals surface area contributed by atoms with Crippen molar-refractivity contribution < 1.29 is 9.32 Å². The minimum Gasteiger partial charge on any atom is -0.347 e. The van der Waals surface area contributed by atoms with Crippen LogP contribution in [0.4, 0.5) is 0 Å². The Morgan fingerprint density at radius 2 is 2.20 bits per heavy atom. The monoisotopic (exact) mass is 338 g/mol. The van der Waals surface area contributed by atoms with Crippen LogP contribution in [-0.2, 0) is 6.54 Å². The van der Waals surface area contributed by atoms with E-state index < -0.39 is 0 Å². The first-order chi connectivity index (χ1) is 12.3. The number of hydrogen-bond donors (Lipinski definition) is 2. The van der Waals surface area contributed by atoms with Gasteiger partial charge in [-0.15, -0.1) is 0 Å². The molecule has 1 saturated heterocycles. The molecule has 8 nitrogen and oxygen atoms in total. The van der Waals surface area contributed by atoms with Gasteiger partial charge in [0.25, 0.3) is 11.8 Å². The van der Waals surface area contributed by atoms with Crippen LogP contribution in [0.3, 0.4) is 0 Å². The minimum atomic E-state index is -0.129. The van der Waals surface area contributed by atoms with Gasteiger partial charge < -0.3 is 9.84 Å². The van der Waals surface area contributed by atoms with Gasteiger partial charge in [-0.3, -0.25) is 14.8 Å². The lowest BCUT2D eigenvalue weighted by atomic mass is 10.2. The largest absolute Gasteiger partial charge is 0.347 e. The average molecular weight is 338 g/mol. The molecule has 0 saturated carbocycles. The molecule has 1 aromatic carbocycles. The van der Waals surface area contributed by atoms with Crippen LogP contribution in [0.1, 0.15) is 22.7 Å². The van der Waals surface area contributed by atoms with Gasteiger partial charge in [0.15, 0.2) is 5.82 Å². The first kappa shape index (κ1) is 15.5. The number of aromatic amines is 1. The second kappa shape index (κ2) is 6.86. The van der Waals surface area contributed by atoms with Crippen molar-refractivity contribution in [1.82, 2.24) is 30.6 Å². The number of carbonyl (C=O) groups is 1. The Morgan fingerprint density at radius 3 is 3.00 bits per heavy atom. The molecule has 0 aliphatic carbocycles. The third kappa shape index (κ3) is 3.58. The van der Waals surface area contributed by atoms with Crippen molar-refractivity contribution in [3.05, 3.63) is 54.1 Å². The summed E-state index contributed by atoms with van der Waals surface area (Å²) in [6.45, 7) is 2.24. The maximum Gasteiger partial charge on any atom is 0.269 e. The van der Waals surface area contributed by atoms with Crippen LogP contribution < -0.4 is 5.32 Å². The number of rotatable bonds is 5. The van der Waals surface area contributed by atoms with Crippen LogP contribution in [0.2, 0.25) is 0 Å². The molecule has 1 aliphatic rings. The van der Waals surface area contributed by atoms with E-state index in [1.54, 1.807) is 12.3 Å². The van der Waals surface area contributed by atoms with Gasteiger partial charge >= 0.3 is 0 Å². The van der Waals surface area contributed by atoms with Crippen molar-refractivity contribution in [3.8, 4) is 11.5 Å². The van der Waals surface area contributed by atoms with E-state index in [2.05, 4.69) is 30.6 Å². The Hall–Kier alpha value is -3.00. The second-order valence-electron chi connectivity index (χ2n) is 6.05. The smallest absolute Gasteiger partial charge is 0.269 e.